The number of fused-ring (bicyclic) bond motifs is 1. The second-order valence-electron chi connectivity index (χ2n) is 9.68. The molecule has 1 saturated heterocycles. The van der Waals surface area contributed by atoms with Crippen molar-refractivity contribution < 1.29 is 9.47 Å². The van der Waals surface area contributed by atoms with Gasteiger partial charge in [0.2, 0.25) is 0 Å². The lowest BCUT2D eigenvalue weighted by atomic mass is 9.92. The van der Waals surface area contributed by atoms with Crippen LogP contribution in [-0.2, 0) is 13.1 Å². The number of benzene rings is 2. The van der Waals surface area contributed by atoms with Crippen LogP contribution in [0.3, 0.4) is 0 Å². The lowest BCUT2D eigenvalue weighted by Crippen LogP contribution is -2.38. The molecule has 2 aliphatic heterocycles. The summed E-state index contributed by atoms with van der Waals surface area (Å²) in [4.78, 5) is 5.08. The molecule has 2 fully saturated rings. The second-order valence-corrected chi connectivity index (χ2v) is 9.68. The van der Waals surface area contributed by atoms with Crippen molar-refractivity contribution in [1.29, 1.82) is 0 Å². The molecule has 0 bridgehead atoms. The second kappa shape index (κ2) is 9.58. The molecule has 0 amide bonds. The fourth-order valence-corrected chi connectivity index (χ4v) is 5.53. The number of aryl methyl sites for hydroxylation is 1. The van der Waals surface area contributed by atoms with E-state index >= 15 is 0 Å². The van der Waals surface area contributed by atoms with Gasteiger partial charge in [0.1, 0.15) is 11.5 Å². The van der Waals surface area contributed by atoms with Gasteiger partial charge in [-0.05, 0) is 105 Å². The Morgan fingerprint density at radius 3 is 2.44 bits per heavy atom. The van der Waals surface area contributed by atoms with Crippen molar-refractivity contribution in [2.45, 2.75) is 70.7 Å². The van der Waals surface area contributed by atoms with Crippen molar-refractivity contribution in [3.8, 4) is 11.5 Å². The third kappa shape index (κ3) is 4.80. The summed E-state index contributed by atoms with van der Waals surface area (Å²) in [6, 6.07) is 13.7. The van der Waals surface area contributed by atoms with Crippen molar-refractivity contribution in [2.75, 3.05) is 20.2 Å². The van der Waals surface area contributed by atoms with Crippen molar-refractivity contribution in [3.05, 3.63) is 64.9 Å². The first-order valence-corrected chi connectivity index (χ1v) is 12.3. The first kappa shape index (κ1) is 21.4. The van der Waals surface area contributed by atoms with Gasteiger partial charge >= 0.3 is 0 Å². The molecular formula is C28H36N2O2. The number of nitrogens with zero attached hydrogens (tertiary/aromatic N) is 2. The molecular weight excluding hydrogens is 396 g/mol. The van der Waals surface area contributed by atoms with Crippen LogP contribution in [0.5, 0.6) is 11.5 Å². The minimum atomic E-state index is 0.366. The summed E-state index contributed by atoms with van der Waals surface area (Å²) in [5.41, 5.74) is 5.22. The molecule has 2 aromatic rings. The normalized spacial score (nSPS) is 23.2. The van der Waals surface area contributed by atoms with Gasteiger partial charge in [0, 0.05) is 25.3 Å². The third-order valence-electron chi connectivity index (χ3n) is 7.41. The monoisotopic (exact) mass is 432 g/mol. The highest BCUT2D eigenvalue weighted by molar-refractivity contribution is 5.60. The Morgan fingerprint density at radius 2 is 1.72 bits per heavy atom. The standard InChI is InChI=1S/C28H36N2O2/c1-21-17-24-20-29(19-22-5-9-26(31-2)10-6-22)16-13-23(24)18-28(21)32-27-11-7-25(8-12-27)30-14-3-4-15-30/h5-6,9-10,13,16-18,25,27H,3-4,7-8,11-12,14-15,19-20H2,1-2H3. The first-order valence-electron chi connectivity index (χ1n) is 12.3. The predicted molar refractivity (Wildman–Crippen MR) is 130 cm³/mol. The summed E-state index contributed by atoms with van der Waals surface area (Å²) in [6.45, 7) is 6.64. The van der Waals surface area contributed by atoms with Crippen LogP contribution < -0.4 is 9.47 Å². The Morgan fingerprint density at radius 1 is 0.969 bits per heavy atom. The average molecular weight is 433 g/mol. The molecule has 170 valence electrons. The highest BCUT2D eigenvalue weighted by atomic mass is 16.5. The Hall–Kier alpha value is -2.46. The van der Waals surface area contributed by atoms with E-state index in [0.29, 0.717) is 6.10 Å². The van der Waals surface area contributed by atoms with E-state index < -0.39 is 0 Å². The minimum absolute atomic E-state index is 0.366. The SMILES string of the molecule is COc1ccc(CN2C=Cc3cc(OC4CCC(N5CCCC5)CC4)c(C)cc3C2)cc1. The predicted octanol–water partition coefficient (Wildman–Crippen LogP) is 5.78. The third-order valence-corrected chi connectivity index (χ3v) is 7.41. The molecule has 0 unspecified atom stereocenters. The summed E-state index contributed by atoms with van der Waals surface area (Å²) in [6.07, 6.45) is 12.5. The molecule has 32 heavy (non-hydrogen) atoms. The van der Waals surface area contributed by atoms with Crippen LogP contribution in [0.15, 0.2) is 42.6 Å². The lowest BCUT2D eigenvalue weighted by molar-refractivity contribution is 0.0995. The molecule has 0 aromatic heterocycles. The van der Waals surface area contributed by atoms with Crippen LogP contribution in [0.4, 0.5) is 0 Å². The van der Waals surface area contributed by atoms with E-state index in [1.165, 1.54) is 73.9 Å². The number of likely N-dealkylation sites (tertiary alicyclic amines) is 1. The van der Waals surface area contributed by atoms with Crippen LogP contribution in [0, 0.1) is 6.92 Å². The van der Waals surface area contributed by atoms with E-state index in [4.69, 9.17) is 9.47 Å². The zero-order valence-electron chi connectivity index (χ0n) is 19.6. The lowest BCUT2D eigenvalue weighted by Gasteiger charge is -2.35. The van der Waals surface area contributed by atoms with Gasteiger partial charge in [-0.15, -0.1) is 0 Å². The van der Waals surface area contributed by atoms with Crippen LogP contribution in [0.25, 0.3) is 6.08 Å². The fourth-order valence-electron chi connectivity index (χ4n) is 5.53. The highest BCUT2D eigenvalue weighted by Gasteiger charge is 2.28. The zero-order valence-corrected chi connectivity index (χ0v) is 19.6. The summed E-state index contributed by atoms with van der Waals surface area (Å²) in [5, 5.41) is 0. The number of hydrogen-bond acceptors (Lipinski definition) is 4. The molecule has 1 saturated carbocycles. The molecule has 3 aliphatic rings. The van der Waals surface area contributed by atoms with Gasteiger partial charge in [-0.3, -0.25) is 0 Å². The molecule has 1 aliphatic carbocycles. The summed E-state index contributed by atoms with van der Waals surface area (Å²) in [7, 11) is 1.71. The van der Waals surface area contributed by atoms with Gasteiger partial charge in [0.05, 0.1) is 13.2 Å². The van der Waals surface area contributed by atoms with E-state index in [0.717, 1.165) is 30.6 Å². The summed E-state index contributed by atoms with van der Waals surface area (Å²) in [5.74, 6) is 1.97. The molecule has 5 rings (SSSR count). The summed E-state index contributed by atoms with van der Waals surface area (Å²) < 4.78 is 11.8. The van der Waals surface area contributed by atoms with Crippen molar-refractivity contribution in [2.24, 2.45) is 0 Å². The van der Waals surface area contributed by atoms with Crippen LogP contribution in [0.1, 0.15) is 60.8 Å². The van der Waals surface area contributed by atoms with E-state index in [2.05, 4.69) is 53.3 Å². The Bertz CT molecular complexity index is 939. The van der Waals surface area contributed by atoms with Gasteiger partial charge < -0.3 is 19.3 Å². The molecule has 2 aromatic carbocycles. The molecule has 2 heterocycles. The van der Waals surface area contributed by atoms with E-state index in [1.54, 1.807) is 7.11 Å². The van der Waals surface area contributed by atoms with E-state index in [9.17, 15) is 0 Å². The maximum Gasteiger partial charge on any atom is 0.123 e. The van der Waals surface area contributed by atoms with Gasteiger partial charge in [0.25, 0.3) is 0 Å². The molecule has 4 heteroatoms. The minimum Gasteiger partial charge on any atom is -0.497 e. The maximum absolute atomic E-state index is 6.53. The Labute approximate surface area is 192 Å². The molecule has 0 atom stereocenters. The van der Waals surface area contributed by atoms with Crippen molar-refractivity contribution in [3.63, 3.8) is 0 Å². The average Bonchev–Trinajstić information content (AvgIpc) is 3.36. The zero-order chi connectivity index (χ0) is 21.9. The topological polar surface area (TPSA) is 24.9 Å². The van der Waals surface area contributed by atoms with Gasteiger partial charge in [0.15, 0.2) is 0 Å². The number of methoxy groups -OCH3 is 1. The van der Waals surface area contributed by atoms with Crippen molar-refractivity contribution >= 4 is 6.08 Å². The van der Waals surface area contributed by atoms with Crippen LogP contribution in [0.2, 0.25) is 0 Å². The van der Waals surface area contributed by atoms with E-state index in [1.807, 2.05) is 12.1 Å². The van der Waals surface area contributed by atoms with Gasteiger partial charge in [-0.2, -0.15) is 0 Å². The number of rotatable bonds is 6. The van der Waals surface area contributed by atoms with Crippen LogP contribution >= 0.6 is 0 Å². The Kier molecular flexibility index (Phi) is 6.40. The Balaban J connectivity index is 1.19. The van der Waals surface area contributed by atoms with Crippen molar-refractivity contribution in [1.82, 2.24) is 9.80 Å². The molecule has 4 nitrogen and oxygen atoms in total. The van der Waals surface area contributed by atoms with E-state index in [-0.39, 0.29) is 0 Å². The molecule has 0 radical (unpaired) electrons. The highest BCUT2D eigenvalue weighted by Crippen LogP contribution is 2.33. The fraction of sp³-hybridized carbons (Fsp3) is 0.500. The first-order chi connectivity index (χ1) is 15.7. The molecule has 0 N–H and O–H groups in total. The van der Waals surface area contributed by atoms with Gasteiger partial charge in [-0.1, -0.05) is 18.2 Å². The van der Waals surface area contributed by atoms with Crippen LogP contribution in [-0.4, -0.2) is 42.1 Å². The van der Waals surface area contributed by atoms with Gasteiger partial charge in [-0.25, -0.2) is 0 Å². The smallest absolute Gasteiger partial charge is 0.123 e. The number of hydrogen-bond donors (Lipinski definition) is 0. The largest absolute Gasteiger partial charge is 0.497 e. The maximum atomic E-state index is 6.53. The summed E-state index contributed by atoms with van der Waals surface area (Å²) >= 11 is 0. The molecule has 0 spiro atoms. The number of ether oxygens (including phenoxy) is 2. The quantitative estimate of drug-likeness (QED) is 0.578.